The molecule has 1 aromatic heterocycles. The van der Waals surface area contributed by atoms with Crippen LogP contribution in [0.5, 0.6) is 5.75 Å². The van der Waals surface area contributed by atoms with Crippen molar-refractivity contribution in [3.05, 3.63) is 41.5 Å². The highest BCUT2D eigenvalue weighted by atomic mass is 19.3. The summed E-state index contributed by atoms with van der Waals surface area (Å²) >= 11 is 0. The molecule has 1 aliphatic rings. The molecular formula is C16H19F2N3O3. The van der Waals surface area contributed by atoms with Gasteiger partial charge in [-0.2, -0.15) is 13.8 Å². The molecule has 0 radical (unpaired) electrons. The minimum absolute atomic E-state index is 0.245. The molecule has 0 saturated carbocycles. The van der Waals surface area contributed by atoms with Crippen molar-refractivity contribution >= 4 is 0 Å². The van der Waals surface area contributed by atoms with E-state index in [0.717, 1.165) is 12.1 Å². The average molecular weight is 339 g/mol. The van der Waals surface area contributed by atoms with Crippen LogP contribution in [0.25, 0.3) is 0 Å². The van der Waals surface area contributed by atoms with Gasteiger partial charge in [-0.3, -0.25) is 4.90 Å². The van der Waals surface area contributed by atoms with E-state index in [4.69, 9.17) is 9.26 Å². The van der Waals surface area contributed by atoms with Crippen molar-refractivity contribution in [1.29, 1.82) is 0 Å². The maximum absolute atomic E-state index is 12.2. The van der Waals surface area contributed by atoms with E-state index in [1.807, 2.05) is 24.3 Å². The predicted molar refractivity (Wildman–Crippen MR) is 80.6 cm³/mol. The fourth-order valence-electron chi connectivity index (χ4n) is 2.69. The molecule has 1 saturated heterocycles. The Hall–Kier alpha value is -2.06. The molecular weight excluding hydrogens is 320 g/mol. The zero-order chi connectivity index (χ0) is 16.9. The summed E-state index contributed by atoms with van der Waals surface area (Å²) in [6, 6.07) is 7.65. The van der Waals surface area contributed by atoms with Gasteiger partial charge in [0.1, 0.15) is 5.75 Å². The number of hydrogen-bond acceptors (Lipinski definition) is 6. The van der Waals surface area contributed by atoms with E-state index in [0.29, 0.717) is 37.0 Å². The van der Waals surface area contributed by atoms with Gasteiger partial charge in [0.05, 0.1) is 6.10 Å². The summed E-state index contributed by atoms with van der Waals surface area (Å²) in [4.78, 5) is 6.17. The van der Waals surface area contributed by atoms with E-state index in [1.54, 1.807) is 6.92 Å². The predicted octanol–water partition coefficient (Wildman–Crippen LogP) is 2.77. The number of rotatable bonds is 7. The Morgan fingerprint density at radius 3 is 2.79 bits per heavy atom. The van der Waals surface area contributed by atoms with Crippen LogP contribution in [0.15, 0.2) is 28.8 Å². The maximum Gasteiger partial charge on any atom is 0.345 e. The number of benzene rings is 1. The average Bonchev–Trinajstić information content (AvgIpc) is 3.15. The smallest absolute Gasteiger partial charge is 0.345 e. The highest BCUT2D eigenvalue weighted by Crippen LogP contribution is 2.20. The summed E-state index contributed by atoms with van der Waals surface area (Å²) in [5, 5.41) is 3.76. The molecule has 1 fully saturated rings. The van der Waals surface area contributed by atoms with E-state index in [-0.39, 0.29) is 12.7 Å². The van der Waals surface area contributed by atoms with Crippen LogP contribution in [0.3, 0.4) is 0 Å². The molecule has 1 atom stereocenters. The Labute approximate surface area is 138 Å². The van der Waals surface area contributed by atoms with Crippen LogP contribution >= 0.6 is 0 Å². The summed E-state index contributed by atoms with van der Waals surface area (Å²) in [5.41, 5.74) is 1.09. The fourth-order valence-corrected chi connectivity index (χ4v) is 2.69. The van der Waals surface area contributed by atoms with Crippen molar-refractivity contribution in [2.24, 2.45) is 0 Å². The first-order valence-electron chi connectivity index (χ1n) is 7.75. The number of aryl methyl sites for hydroxylation is 1. The number of alkyl halides is 2. The van der Waals surface area contributed by atoms with E-state index < -0.39 is 6.61 Å². The second kappa shape index (κ2) is 7.67. The van der Waals surface area contributed by atoms with Crippen LogP contribution in [-0.4, -0.2) is 40.8 Å². The monoisotopic (exact) mass is 339 g/mol. The third-order valence-corrected chi connectivity index (χ3v) is 3.79. The first kappa shape index (κ1) is 16.8. The van der Waals surface area contributed by atoms with Crippen LogP contribution in [-0.2, 0) is 17.9 Å². The van der Waals surface area contributed by atoms with E-state index in [1.165, 1.54) is 0 Å². The molecule has 2 heterocycles. The molecule has 0 N–H and O–H groups in total. The normalized spacial score (nSPS) is 18.4. The van der Waals surface area contributed by atoms with Crippen molar-refractivity contribution < 1.29 is 22.8 Å². The molecule has 0 bridgehead atoms. The van der Waals surface area contributed by atoms with Crippen LogP contribution in [0.1, 0.15) is 23.7 Å². The topological polar surface area (TPSA) is 60.6 Å². The number of halogens is 2. The third-order valence-electron chi connectivity index (χ3n) is 3.79. The van der Waals surface area contributed by atoms with Crippen molar-refractivity contribution in [3.8, 4) is 5.75 Å². The second-order valence-electron chi connectivity index (χ2n) is 5.70. The molecule has 1 aliphatic heterocycles. The fraction of sp³-hybridized carbons (Fsp3) is 0.500. The molecule has 0 unspecified atom stereocenters. The van der Waals surface area contributed by atoms with E-state index in [2.05, 4.69) is 19.8 Å². The van der Waals surface area contributed by atoms with E-state index >= 15 is 0 Å². The minimum atomic E-state index is -2.70. The van der Waals surface area contributed by atoms with Gasteiger partial charge >= 0.3 is 6.61 Å². The Bertz CT molecular complexity index is 648. The zero-order valence-corrected chi connectivity index (χ0v) is 13.3. The summed E-state index contributed by atoms with van der Waals surface area (Å²) < 4.78 is 39.4. The molecule has 0 spiro atoms. The van der Waals surface area contributed by atoms with Gasteiger partial charge in [0.2, 0.25) is 11.7 Å². The lowest BCUT2D eigenvalue weighted by Gasteiger charge is -2.16. The SMILES string of the molecule is Cc1nc(COc2ccc(CN3CC[C@H](OC(F)F)C3)cc2)no1. The van der Waals surface area contributed by atoms with Gasteiger partial charge < -0.3 is 14.0 Å². The highest BCUT2D eigenvalue weighted by molar-refractivity contribution is 5.27. The van der Waals surface area contributed by atoms with Crippen molar-refractivity contribution in [1.82, 2.24) is 15.0 Å². The highest BCUT2D eigenvalue weighted by Gasteiger charge is 2.25. The van der Waals surface area contributed by atoms with Crippen LogP contribution < -0.4 is 4.74 Å². The summed E-state index contributed by atoms with van der Waals surface area (Å²) in [6.45, 7) is 1.25. The van der Waals surface area contributed by atoms with Crippen LogP contribution in [0, 0.1) is 6.92 Å². The Morgan fingerprint density at radius 1 is 1.33 bits per heavy atom. The summed E-state index contributed by atoms with van der Waals surface area (Å²) in [5.74, 6) is 1.71. The van der Waals surface area contributed by atoms with Gasteiger partial charge in [0.15, 0.2) is 6.61 Å². The zero-order valence-electron chi connectivity index (χ0n) is 13.3. The Morgan fingerprint density at radius 2 is 2.12 bits per heavy atom. The maximum atomic E-state index is 12.2. The number of aromatic nitrogens is 2. The summed E-state index contributed by atoms with van der Waals surface area (Å²) in [7, 11) is 0. The molecule has 1 aromatic carbocycles. The largest absolute Gasteiger partial charge is 0.485 e. The van der Waals surface area contributed by atoms with Crippen LogP contribution in [0.4, 0.5) is 8.78 Å². The van der Waals surface area contributed by atoms with Crippen molar-refractivity contribution in [3.63, 3.8) is 0 Å². The molecule has 24 heavy (non-hydrogen) atoms. The lowest BCUT2D eigenvalue weighted by atomic mass is 10.2. The molecule has 2 aromatic rings. The quantitative estimate of drug-likeness (QED) is 0.773. The third kappa shape index (κ3) is 4.72. The molecule has 6 nitrogen and oxygen atoms in total. The minimum Gasteiger partial charge on any atom is -0.485 e. The number of hydrogen-bond donors (Lipinski definition) is 0. The molecule has 3 rings (SSSR count). The Kier molecular flexibility index (Phi) is 5.37. The standard InChI is InChI=1S/C16H19F2N3O3/c1-11-19-15(20-24-11)10-22-13-4-2-12(3-5-13)8-21-7-6-14(9-21)23-16(17)18/h2-5,14,16H,6-10H2,1H3/t14-/m0/s1. The van der Waals surface area contributed by atoms with Gasteiger partial charge in [-0.1, -0.05) is 17.3 Å². The van der Waals surface area contributed by atoms with Crippen molar-refractivity contribution in [2.45, 2.75) is 39.2 Å². The lowest BCUT2D eigenvalue weighted by Crippen LogP contribution is -2.24. The number of nitrogens with zero attached hydrogens (tertiary/aromatic N) is 3. The van der Waals surface area contributed by atoms with Crippen molar-refractivity contribution in [2.75, 3.05) is 13.1 Å². The van der Waals surface area contributed by atoms with Crippen LogP contribution in [0.2, 0.25) is 0 Å². The molecule has 0 amide bonds. The molecule has 0 aliphatic carbocycles. The second-order valence-corrected chi connectivity index (χ2v) is 5.70. The van der Waals surface area contributed by atoms with Gasteiger partial charge in [-0.05, 0) is 24.1 Å². The first-order chi connectivity index (χ1) is 11.6. The number of ether oxygens (including phenoxy) is 2. The van der Waals surface area contributed by atoms with Gasteiger partial charge in [0.25, 0.3) is 0 Å². The first-order valence-corrected chi connectivity index (χ1v) is 7.75. The van der Waals surface area contributed by atoms with Gasteiger partial charge in [0, 0.05) is 26.6 Å². The number of likely N-dealkylation sites (tertiary alicyclic amines) is 1. The summed E-state index contributed by atoms with van der Waals surface area (Å²) in [6.07, 6.45) is 0.251. The molecule has 130 valence electrons. The van der Waals surface area contributed by atoms with Gasteiger partial charge in [-0.15, -0.1) is 0 Å². The Balaban J connectivity index is 1.46. The lowest BCUT2D eigenvalue weighted by molar-refractivity contribution is -0.158. The van der Waals surface area contributed by atoms with Gasteiger partial charge in [-0.25, -0.2) is 0 Å². The van der Waals surface area contributed by atoms with E-state index in [9.17, 15) is 8.78 Å². The molecule has 8 heteroatoms.